The summed E-state index contributed by atoms with van der Waals surface area (Å²) in [5.74, 6) is -0.758. The van der Waals surface area contributed by atoms with Crippen molar-refractivity contribution in [2.24, 2.45) is 0 Å². The molecule has 3 rings (SSSR count). The van der Waals surface area contributed by atoms with Crippen molar-refractivity contribution in [3.63, 3.8) is 0 Å². The predicted octanol–water partition coefficient (Wildman–Crippen LogP) is 3.73. The molecule has 0 fully saturated rings. The summed E-state index contributed by atoms with van der Waals surface area (Å²) in [6.07, 6.45) is 4.55. The lowest BCUT2D eigenvalue weighted by molar-refractivity contribution is -0.124. The van der Waals surface area contributed by atoms with E-state index in [1.165, 1.54) is 16.2 Å². The van der Waals surface area contributed by atoms with Crippen LogP contribution in [0.25, 0.3) is 5.00 Å². The number of thiophene rings is 2. The summed E-state index contributed by atoms with van der Waals surface area (Å²) in [7, 11) is 0. The molecule has 1 amide bonds. The van der Waals surface area contributed by atoms with Crippen molar-refractivity contribution < 1.29 is 14.3 Å². The Morgan fingerprint density at radius 1 is 1.19 bits per heavy atom. The average molecular weight is 389 g/mol. The maximum atomic E-state index is 12.6. The van der Waals surface area contributed by atoms with Gasteiger partial charge in [0.1, 0.15) is 5.00 Å². The van der Waals surface area contributed by atoms with E-state index in [9.17, 15) is 9.59 Å². The van der Waals surface area contributed by atoms with Gasteiger partial charge in [-0.05, 0) is 49.4 Å². The van der Waals surface area contributed by atoms with Crippen LogP contribution >= 0.6 is 22.7 Å². The van der Waals surface area contributed by atoms with Crippen LogP contribution in [0.5, 0.6) is 0 Å². The number of carbonyl (C=O) groups excluding carboxylic acids is 2. The number of aromatic nitrogens is 1. The van der Waals surface area contributed by atoms with Crippen LogP contribution in [0.4, 0.5) is 0 Å². The molecule has 0 aromatic carbocycles. The molecule has 7 heteroatoms. The smallest absolute Gasteiger partial charge is 0.341 e. The molecule has 3 aromatic rings. The molecule has 0 bridgehead atoms. The fourth-order valence-electron chi connectivity index (χ4n) is 2.54. The molecule has 0 saturated carbocycles. The van der Waals surface area contributed by atoms with E-state index in [0.29, 0.717) is 12.1 Å². The molecule has 0 atom stereocenters. The highest BCUT2D eigenvalue weighted by atomic mass is 32.1. The molecule has 0 unspecified atom stereocenters. The Bertz CT molecular complexity index is 880. The number of hydrogen-bond acceptors (Lipinski definition) is 5. The molecule has 0 radical (unpaired) electrons. The minimum absolute atomic E-state index is 0.275. The highest BCUT2D eigenvalue weighted by molar-refractivity contribution is 7.15. The molecule has 3 aromatic heterocycles. The Balaban J connectivity index is 1.57. The third-order valence-corrected chi connectivity index (χ3v) is 6.17. The lowest BCUT2D eigenvalue weighted by atomic mass is 10.1. The van der Waals surface area contributed by atoms with Gasteiger partial charge in [-0.1, -0.05) is 6.07 Å². The third kappa shape index (κ3) is 4.23. The summed E-state index contributed by atoms with van der Waals surface area (Å²) in [4.78, 5) is 26.7. The molecular weight excluding hydrogens is 368 g/mol. The Hall–Kier alpha value is -2.38. The van der Waals surface area contributed by atoms with Crippen LogP contribution in [0.1, 0.15) is 25.7 Å². The van der Waals surface area contributed by atoms with Crippen molar-refractivity contribution in [2.75, 3.05) is 13.2 Å². The van der Waals surface area contributed by atoms with Crippen molar-refractivity contribution in [3.8, 4) is 5.00 Å². The normalized spacial score (nSPS) is 10.7. The minimum atomic E-state index is -0.469. The van der Waals surface area contributed by atoms with Gasteiger partial charge in [-0.25, -0.2) is 4.79 Å². The van der Waals surface area contributed by atoms with Crippen LogP contribution in [-0.2, 0) is 16.0 Å². The van der Waals surface area contributed by atoms with E-state index in [1.807, 2.05) is 60.5 Å². The first kappa shape index (κ1) is 18.4. The molecule has 0 aliphatic rings. The van der Waals surface area contributed by atoms with Crippen LogP contribution in [0.3, 0.4) is 0 Å². The number of aryl methyl sites for hydroxylation is 1. The fourth-order valence-corrected chi connectivity index (χ4v) is 4.36. The van der Waals surface area contributed by atoms with Gasteiger partial charge in [0, 0.05) is 28.7 Å². The Morgan fingerprint density at radius 3 is 2.65 bits per heavy atom. The molecule has 136 valence electrons. The van der Waals surface area contributed by atoms with E-state index in [1.54, 1.807) is 11.3 Å². The number of ether oxygens (including phenoxy) is 1. The Kier molecular flexibility index (Phi) is 5.90. The van der Waals surface area contributed by atoms with Gasteiger partial charge in [0.2, 0.25) is 0 Å². The predicted molar refractivity (Wildman–Crippen MR) is 104 cm³/mol. The summed E-state index contributed by atoms with van der Waals surface area (Å²) in [5, 5.41) is 5.60. The van der Waals surface area contributed by atoms with Crippen molar-refractivity contribution in [2.45, 2.75) is 20.3 Å². The number of carbonyl (C=O) groups is 2. The largest absolute Gasteiger partial charge is 0.452 e. The first-order valence-electron chi connectivity index (χ1n) is 8.26. The zero-order valence-corrected chi connectivity index (χ0v) is 16.3. The number of amides is 1. The van der Waals surface area contributed by atoms with Crippen LogP contribution < -0.4 is 5.32 Å². The Morgan fingerprint density at radius 2 is 1.96 bits per heavy atom. The van der Waals surface area contributed by atoms with E-state index in [2.05, 4.69) is 5.32 Å². The third-order valence-electron chi connectivity index (χ3n) is 4.02. The molecule has 0 aliphatic carbocycles. The average Bonchev–Trinajstić information content (AvgIpc) is 3.36. The summed E-state index contributed by atoms with van der Waals surface area (Å²) in [6.45, 7) is 4.13. The molecular formula is C19H20N2O3S2. The maximum absolute atomic E-state index is 12.6. The van der Waals surface area contributed by atoms with E-state index >= 15 is 0 Å². The standard InChI is InChI=1S/C19H20N2O3S2/c1-13-14(2)26-18(21-9-3-4-10-21)17(13)19(23)24-12-16(22)20-8-7-15-6-5-11-25-15/h3-6,9-11H,7-8,12H2,1-2H3,(H,20,22). The number of nitrogens with zero attached hydrogens (tertiary/aromatic N) is 1. The Labute approximate surface area is 160 Å². The van der Waals surface area contributed by atoms with Gasteiger partial charge in [-0.15, -0.1) is 22.7 Å². The second-order valence-corrected chi connectivity index (χ2v) is 8.04. The second kappa shape index (κ2) is 8.33. The van der Waals surface area contributed by atoms with Crippen molar-refractivity contribution >= 4 is 34.6 Å². The molecule has 26 heavy (non-hydrogen) atoms. The van der Waals surface area contributed by atoms with Crippen molar-refractivity contribution in [3.05, 3.63) is 62.9 Å². The van der Waals surface area contributed by atoms with Gasteiger partial charge in [0.15, 0.2) is 6.61 Å². The van der Waals surface area contributed by atoms with E-state index < -0.39 is 5.97 Å². The summed E-state index contributed by atoms with van der Waals surface area (Å²) >= 11 is 3.19. The zero-order valence-electron chi connectivity index (χ0n) is 14.7. The van der Waals surface area contributed by atoms with Gasteiger partial charge in [0.25, 0.3) is 5.91 Å². The van der Waals surface area contributed by atoms with Crippen molar-refractivity contribution in [1.82, 2.24) is 9.88 Å². The quantitative estimate of drug-likeness (QED) is 0.628. The van der Waals surface area contributed by atoms with Crippen LogP contribution in [0.2, 0.25) is 0 Å². The molecule has 5 nitrogen and oxygen atoms in total. The number of esters is 1. The van der Waals surface area contributed by atoms with Crippen LogP contribution in [0.15, 0.2) is 42.0 Å². The van der Waals surface area contributed by atoms with Crippen LogP contribution in [-0.4, -0.2) is 29.6 Å². The zero-order chi connectivity index (χ0) is 18.5. The highest BCUT2D eigenvalue weighted by Gasteiger charge is 2.22. The van der Waals surface area contributed by atoms with Gasteiger partial charge in [-0.2, -0.15) is 0 Å². The number of nitrogens with one attached hydrogen (secondary N) is 1. The van der Waals surface area contributed by atoms with Gasteiger partial charge >= 0.3 is 5.97 Å². The van der Waals surface area contributed by atoms with E-state index in [-0.39, 0.29) is 12.5 Å². The van der Waals surface area contributed by atoms with Crippen molar-refractivity contribution in [1.29, 1.82) is 0 Å². The molecule has 0 aliphatic heterocycles. The molecule has 0 saturated heterocycles. The first-order chi connectivity index (χ1) is 12.6. The topological polar surface area (TPSA) is 60.3 Å². The minimum Gasteiger partial charge on any atom is -0.452 e. The van der Waals surface area contributed by atoms with Gasteiger partial charge in [-0.3, -0.25) is 4.79 Å². The summed E-state index contributed by atoms with van der Waals surface area (Å²) in [6, 6.07) is 7.82. The molecule has 0 spiro atoms. The number of hydrogen-bond donors (Lipinski definition) is 1. The summed E-state index contributed by atoms with van der Waals surface area (Å²) in [5.41, 5.74) is 1.41. The van der Waals surface area contributed by atoms with Crippen LogP contribution in [0, 0.1) is 13.8 Å². The lowest BCUT2D eigenvalue weighted by Gasteiger charge is -2.08. The lowest BCUT2D eigenvalue weighted by Crippen LogP contribution is -2.30. The SMILES string of the molecule is Cc1sc(-n2cccc2)c(C(=O)OCC(=O)NCCc2cccs2)c1C. The van der Waals surface area contributed by atoms with E-state index in [0.717, 1.165) is 21.9 Å². The maximum Gasteiger partial charge on any atom is 0.341 e. The monoisotopic (exact) mass is 388 g/mol. The fraction of sp³-hybridized carbons (Fsp3) is 0.263. The summed E-state index contributed by atoms with van der Waals surface area (Å²) < 4.78 is 7.15. The molecule has 3 heterocycles. The van der Waals surface area contributed by atoms with Gasteiger partial charge < -0.3 is 14.6 Å². The number of rotatable bonds is 7. The second-order valence-electron chi connectivity index (χ2n) is 5.81. The molecule has 1 N–H and O–H groups in total. The van der Waals surface area contributed by atoms with Gasteiger partial charge in [0.05, 0.1) is 5.56 Å². The van der Waals surface area contributed by atoms with E-state index in [4.69, 9.17) is 4.74 Å². The highest BCUT2D eigenvalue weighted by Crippen LogP contribution is 2.31. The first-order valence-corrected chi connectivity index (χ1v) is 9.95.